The van der Waals surface area contributed by atoms with Crippen molar-refractivity contribution in [1.82, 2.24) is 14.8 Å². The Kier molecular flexibility index (Phi) is 2.26. The topological polar surface area (TPSA) is 39.9 Å². The van der Waals surface area contributed by atoms with Crippen LogP contribution in [-0.4, -0.2) is 14.8 Å². The molecule has 0 aliphatic carbocycles. The third kappa shape index (κ3) is 1.85. The molecule has 4 heteroatoms. The Labute approximate surface area is 98.5 Å². The number of hydrogen-bond acceptors (Lipinski definition) is 3. The molecule has 2 heterocycles. The van der Waals surface area contributed by atoms with Crippen molar-refractivity contribution in [3.05, 3.63) is 48.8 Å². The number of benzene rings is 1. The van der Waals surface area contributed by atoms with E-state index in [1.54, 1.807) is 6.20 Å². The average molecular weight is 225 g/mol. The normalized spacial score (nSPS) is 10.6. The Morgan fingerprint density at radius 3 is 2.94 bits per heavy atom. The molecule has 0 amide bonds. The Morgan fingerprint density at radius 1 is 1.18 bits per heavy atom. The van der Waals surface area contributed by atoms with Gasteiger partial charge in [-0.2, -0.15) is 5.10 Å². The van der Waals surface area contributed by atoms with Crippen molar-refractivity contribution in [1.29, 1.82) is 0 Å². The lowest BCUT2D eigenvalue weighted by Crippen LogP contribution is -1.89. The van der Waals surface area contributed by atoms with Crippen molar-refractivity contribution in [3.8, 4) is 11.6 Å². The molecule has 0 aliphatic rings. The third-order valence-electron chi connectivity index (χ3n) is 2.58. The smallest absolute Gasteiger partial charge is 0.219 e. The van der Waals surface area contributed by atoms with Crippen LogP contribution in [0.3, 0.4) is 0 Å². The second kappa shape index (κ2) is 3.90. The summed E-state index contributed by atoms with van der Waals surface area (Å²) in [6.45, 7) is 0. The van der Waals surface area contributed by atoms with Crippen LogP contribution in [0.1, 0.15) is 0 Å². The first-order valence-electron chi connectivity index (χ1n) is 5.33. The highest BCUT2D eigenvalue weighted by atomic mass is 16.5. The van der Waals surface area contributed by atoms with Gasteiger partial charge in [0.2, 0.25) is 5.88 Å². The van der Waals surface area contributed by atoms with Gasteiger partial charge in [0.05, 0.1) is 11.7 Å². The summed E-state index contributed by atoms with van der Waals surface area (Å²) in [4.78, 5) is 4.12. The van der Waals surface area contributed by atoms with E-state index in [1.807, 2.05) is 54.3 Å². The molecule has 0 aliphatic heterocycles. The molecule has 3 rings (SSSR count). The maximum atomic E-state index is 5.65. The molecule has 3 aromatic rings. The van der Waals surface area contributed by atoms with Gasteiger partial charge in [0.1, 0.15) is 5.75 Å². The zero-order valence-corrected chi connectivity index (χ0v) is 9.37. The fourth-order valence-electron chi connectivity index (χ4n) is 1.73. The van der Waals surface area contributed by atoms with E-state index >= 15 is 0 Å². The monoisotopic (exact) mass is 225 g/mol. The van der Waals surface area contributed by atoms with Crippen LogP contribution >= 0.6 is 0 Å². The lowest BCUT2D eigenvalue weighted by Gasteiger charge is -2.04. The van der Waals surface area contributed by atoms with Gasteiger partial charge in [-0.05, 0) is 24.3 Å². The van der Waals surface area contributed by atoms with Crippen molar-refractivity contribution in [2.75, 3.05) is 0 Å². The fourth-order valence-corrected chi connectivity index (χ4v) is 1.73. The van der Waals surface area contributed by atoms with E-state index in [9.17, 15) is 0 Å². The van der Waals surface area contributed by atoms with Gasteiger partial charge in [0, 0.05) is 24.7 Å². The number of nitrogens with zero attached hydrogens (tertiary/aromatic N) is 3. The summed E-state index contributed by atoms with van der Waals surface area (Å²) in [5.74, 6) is 1.36. The molecule has 0 atom stereocenters. The predicted molar refractivity (Wildman–Crippen MR) is 65.0 cm³/mol. The Hall–Kier alpha value is -2.36. The number of aryl methyl sites for hydroxylation is 1. The predicted octanol–water partition coefficient (Wildman–Crippen LogP) is 2.76. The highest BCUT2D eigenvalue weighted by Gasteiger charge is 2.02. The van der Waals surface area contributed by atoms with E-state index < -0.39 is 0 Å². The SMILES string of the molecule is Cn1ncc2cc(Oc3ccccn3)ccc21. The minimum atomic E-state index is 0.593. The quantitative estimate of drug-likeness (QED) is 0.673. The molecular formula is C13H11N3O. The van der Waals surface area contributed by atoms with Gasteiger partial charge >= 0.3 is 0 Å². The number of ether oxygens (including phenoxy) is 1. The van der Waals surface area contributed by atoms with Crippen LogP contribution in [0.5, 0.6) is 11.6 Å². The molecular weight excluding hydrogens is 214 g/mol. The molecule has 0 saturated heterocycles. The van der Waals surface area contributed by atoms with Gasteiger partial charge in [0.15, 0.2) is 0 Å². The minimum Gasteiger partial charge on any atom is -0.439 e. The molecule has 84 valence electrons. The van der Waals surface area contributed by atoms with Gasteiger partial charge in [-0.15, -0.1) is 0 Å². The lowest BCUT2D eigenvalue weighted by molar-refractivity contribution is 0.463. The first kappa shape index (κ1) is 9.84. The Morgan fingerprint density at radius 2 is 2.12 bits per heavy atom. The molecule has 2 aromatic heterocycles. The molecule has 1 aromatic carbocycles. The summed E-state index contributed by atoms with van der Waals surface area (Å²) in [7, 11) is 1.92. The highest BCUT2D eigenvalue weighted by Crippen LogP contribution is 2.23. The van der Waals surface area contributed by atoms with Crippen LogP contribution in [0.2, 0.25) is 0 Å². The number of pyridine rings is 1. The third-order valence-corrected chi connectivity index (χ3v) is 2.58. The van der Waals surface area contributed by atoms with Crippen LogP contribution in [-0.2, 0) is 7.05 Å². The second-order valence-corrected chi connectivity index (χ2v) is 3.76. The molecule has 0 N–H and O–H groups in total. The van der Waals surface area contributed by atoms with E-state index in [0.29, 0.717) is 5.88 Å². The van der Waals surface area contributed by atoms with Crippen LogP contribution in [0.4, 0.5) is 0 Å². The van der Waals surface area contributed by atoms with E-state index in [0.717, 1.165) is 16.7 Å². The zero-order chi connectivity index (χ0) is 11.7. The molecule has 17 heavy (non-hydrogen) atoms. The van der Waals surface area contributed by atoms with Gasteiger partial charge < -0.3 is 4.74 Å². The fraction of sp³-hybridized carbons (Fsp3) is 0.0769. The summed E-state index contributed by atoms with van der Waals surface area (Å²) in [5.41, 5.74) is 1.08. The summed E-state index contributed by atoms with van der Waals surface area (Å²) < 4.78 is 7.48. The number of fused-ring (bicyclic) bond motifs is 1. The van der Waals surface area contributed by atoms with Gasteiger partial charge in [0.25, 0.3) is 0 Å². The van der Waals surface area contributed by atoms with E-state index in [1.165, 1.54) is 0 Å². The van der Waals surface area contributed by atoms with E-state index in [4.69, 9.17) is 4.74 Å². The van der Waals surface area contributed by atoms with Crippen LogP contribution in [0.25, 0.3) is 10.9 Å². The van der Waals surface area contributed by atoms with Crippen molar-refractivity contribution in [2.45, 2.75) is 0 Å². The first-order chi connectivity index (χ1) is 8.33. The number of rotatable bonds is 2. The van der Waals surface area contributed by atoms with Crippen LogP contribution in [0, 0.1) is 0 Å². The molecule has 0 fully saturated rings. The summed E-state index contributed by atoms with van der Waals surface area (Å²) in [5, 5.41) is 5.25. The molecule has 0 bridgehead atoms. The van der Waals surface area contributed by atoms with Crippen molar-refractivity contribution >= 4 is 10.9 Å². The van der Waals surface area contributed by atoms with Crippen LogP contribution in [0.15, 0.2) is 48.8 Å². The summed E-state index contributed by atoms with van der Waals surface area (Å²) in [6, 6.07) is 11.4. The highest BCUT2D eigenvalue weighted by molar-refractivity contribution is 5.80. The molecule has 0 radical (unpaired) electrons. The first-order valence-corrected chi connectivity index (χ1v) is 5.33. The molecule has 0 saturated carbocycles. The summed E-state index contributed by atoms with van der Waals surface area (Å²) >= 11 is 0. The van der Waals surface area contributed by atoms with Gasteiger partial charge in [-0.25, -0.2) is 4.98 Å². The Balaban J connectivity index is 1.96. The van der Waals surface area contributed by atoms with E-state index in [2.05, 4.69) is 10.1 Å². The average Bonchev–Trinajstić information content (AvgIpc) is 2.72. The number of hydrogen-bond donors (Lipinski definition) is 0. The van der Waals surface area contributed by atoms with Crippen molar-refractivity contribution < 1.29 is 4.74 Å². The maximum absolute atomic E-state index is 5.65. The molecule has 4 nitrogen and oxygen atoms in total. The summed E-state index contributed by atoms with van der Waals surface area (Å²) in [6.07, 6.45) is 3.53. The van der Waals surface area contributed by atoms with E-state index in [-0.39, 0.29) is 0 Å². The van der Waals surface area contributed by atoms with Gasteiger partial charge in [-0.3, -0.25) is 4.68 Å². The maximum Gasteiger partial charge on any atom is 0.219 e. The lowest BCUT2D eigenvalue weighted by atomic mass is 10.2. The van der Waals surface area contributed by atoms with Gasteiger partial charge in [-0.1, -0.05) is 6.07 Å². The van der Waals surface area contributed by atoms with Crippen molar-refractivity contribution in [3.63, 3.8) is 0 Å². The minimum absolute atomic E-state index is 0.593. The second-order valence-electron chi connectivity index (χ2n) is 3.76. The Bertz CT molecular complexity index is 646. The molecule has 0 spiro atoms. The van der Waals surface area contributed by atoms with Crippen LogP contribution < -0.4 is 4.74 Å². The number of aromatic nitrogens is 3. The zero-order valence-electron chi connectivity index (χ0n) is 9.37. The van der Waals surface area contributed by atoms with Crippen molar-refractivity contribution in [2.24, 2.45) is 7.05 Å². The standard InChI is InChI=1S/C13H11N3O/c1-16-12-6-5-11(8-10(12)9-15-16)17-13-4-2-3-7-14-13/h2-9H,1H3. The molecule has 0 unspecified atom stereocenters. The largest absolute Gasteiger partial charge is 0.439 e.